The number of thiophene rings is 1. The van der Waals surface area contributed by atoms with E-state index in [1.165, 1.54) is 28.7 Å². The fourth-order valence-electron chi connectivity index (χ4n) is 3.90. The fourth-order valence-corrected chi connectivity index (χ4v) is 5.73. The van der Waals surface area contributed by atoms with Crippen molar-refractivity contribution in [3.63, 3.8) is 0 Å². The van der Waals surface area contributed by atoms with Crippen molar-refractivity contribution in [2.75, 3.05) is 11.1 Å². The number of fused-ring (bicyclic) bond motifs is 3. The van der Waals surface area contributed by atoms with E-state index in [1.54, 1.807) is 10.8 Å². The Morgan fingerprint density at radius 3 is 2.66 bits per heavy atom. The number of nitrogens with one attached hydrogen (secondary N) is 1. The molecule has 0 aliphatic heterocycles. The molecule has 6 nitrogen and oxygen atoms in total. The Balaban J connectivity index is 1.50. The second-order valence-electron chi connectivity index (χ2n) is 8.30. The van der Waals surface area contributed by atoms with E-state index in [0.717, 1.165) is 33.5 Å². The number of hydrogen-bond acceptors (Lipinski definition) is 6. The van der Waals surface area contributed by atoms with Gasteiger partial charge >= 0.3 is 0 Å². The summed E-state index contributed by atoms with van der Waals surface area (Å²) in [6.45, 7) is 4.48. The molecule has 0 bridgehead atoms. The van der Waals surface area contributed by atoms with Crippen molar-refractivity contribution in [3.05, 3.63) is 93.9 Å². The van der Waals surface area contributed by atoms with Crippen molar-refractivity contribution in [2.24, 2.45) is 0 Å². The van der Waals surface area contributed by atoms with Gasteiger partial charge in [0, 0.05) is 17.3 Å². The molecule has 0 radical (unpaired) electrons. The molecule has 5 aromatic rings. The molecule has 0 aliphatic carbocycles. The van der Waals surface area contributed by atoms with Crippen LogP contribution in [0.5, 0.6) is 0 Å². The van der Waals surface area contributed by atoms with Gasteiger partial charge in [-0.25, -0.2) is 9.97 Å². The van der Waals surface area contributed by atoms with Crippen LogP contribution in [0.25, 0.3) is 20.4 Å². The van der Waals surface area contributed by atoms with E-state index in [0.29, 0.717) is 21.9 Å². The predicted octanol–water partition coefficient (Wildman–Crippen LogP) is 5.66. The van der Waals surface area contributed by atoms with E-state index in [-0.39, 0.29) is 17.2 Å². The molecule has 2 aromatic carbocycles. The Labute approximate surface area is 211 Å². The van der Waals surface area contributed by atoms with Gasteiger partial charge in [-0.05, 0) is 54.3 Å². The number of carbonyl (C=O) groups excluding carboxylic acids is 1. The van der Waals surface area contributed by atoms with E-state index in [2.05, 4.69) is 29.4 Å². The molecule has 0 aliphatic rings. The molecule has 0 atom stereocenters. The highest BCUT2D eigenvalue weighted by Gasteiger charge is 2.18. The number of anilines is 1. The second-order valence-corrected chi connectivity index (χ2v) is 10.2. The van der Waals surface area contributed by atoms with Gasteiger partial charge in [-0.3, -0.25) is 14.2 Å². The van der Waals surface area contributed by atoms with Crippen LogP contribution in [0.1, 0.15) is 23.6 Å². The highest BCUT2D eigenvalue weighted by atomic mass is 32.2. The third kappa shape index (κ3) is 4.99. The number of benzene rings is 2. The van der Waals surface area contributed by atoms with Crippen molar-refractivity contribution in [1.82, 2.24) is 14.5 Å². The average Bonchev–Trinajstić information content (AvgIpc) is 3.24. The molecule has 176 valence electrons. The maximum Gasteiger partial charge on any atom is 0.272 e. The zero-order valence-electron chi connectivity index (χ0n) is 19.4. The largest absolute Gasteiger partial charge is 0.325 e. The van der Waals surface area contributed by atoms with Crippen molar-refractivity contribution in [2.45, 2.75) is 32.0 Å². The minimum absolute atomic E-state index is 0.112. The summed E-state index contributed by atoms with van der Waals surface area (Å²) in [5.41, 5.74) is 4.61. The normalized spacial score (nSPS) is 11.3. The summed E-state index contributed by atoms with van der Waals surface area (Å²) in [4.78, 5) is 36.4. The van der Waals surface area contributed by atoms with Gasteiger partial charge in [-0.1, -0.05) is 55.1 Å². The van der Waals surface area contributed by atoms with Crippen LogP contribution in [0.15, 0.2) is 76.8 Å². The van der Waals surface area contributed by atoms with Crippen LogP contribution in [0.2, 0.25) is 0 Å². The molecular formula is C27H24N4O2S2. The van der Waals surface area contributed by atoms with E-state index < -0.39 is 0 Å². The number of aromatic nitrogens is 3. The zero-order chi connectivity index (χ0) is 24.4. The van der Waals surface area contributed by atoms with E-state index >= 15 is 0 Å². The van der Waals surface area contributed by atoms with Crippen LogP contribution in [0.4, 0.5) is 5.69 Å². The first-order valence-electron chi connectivity index (χ1n) is 11.4. The summed E-state index contributed by atoms with van der Waals surface area (Å²) in [5.74, 6) is -0.00770. The van der Waals surface area contributed by atoms with Crippen LogP contribution < -0.4 is 10.9 Å². The Morgan fingerprint density at radius 1 is 1.09 bits per heavy atom. The van der Waals surface area contributed by atoms with Crippen LogP contribution in [-0.2, 0) is 17.8 Å². The molecule has 3 heterocycles. The SMILES string of the molecule is CCc1ccc(Cn2c(SCC(=O)Nc3cccc(C)c3)nc3c(sc4ncccc43)c2=O)cc1. The minimum Gasteiger partial charge on any atom is -0.325 e. The molecule has 0 fully saturated rings. The molecule has 3 aromatic heterocycles. The number of aryl methyl sites for hydroxylation is 2. The molecule has 0 unspecified atom stereocenters. The maximum atomic E-state index is 13.6. The van der Waals surface area contributed by atoms with Crippen molar-refractivity contribution >= 4 is 55.1 Å². The van der Waals surface area contributed by atoms with Crippen LogP contribution in [-0.4, -0.2) is 26.2 Å². The van der Waals surface area contributed by atoms with Gasteiger partial charge in [0.2, 0.25) is 5.91 Å². The molecule has 1 amide bonds. The van der Waals surface area contributed by atoms with Gasteiger partial charge in [0.25, 0.3) is 5.56 Å². The number of rotatable bonds is 7. The number of pyridine rings is 1. The van der Waals surface area contributed by atoms with Crippen molar-refractivity contribution in [3.8, 4) is 0 Å². The van der Waals surface area contributed by atoms with Crippen LogP contribution >= 0.6 is 23.1 Å². The summed E-state index contributed by atoms with van der Waals surface area (Å²) in [5, 5.41) is 4.30. The highest BCUT2D eigenvalue weighted by Crippen LogP contribution is 2.30. The van der Waals surface area contributed by atoms with Gasteiger partial charge in [0.15, 0.2) is 5.16 Å². The van der Waals surface area contributed by atoms with Gasteiger partial charge in [-0.15, -0.1) is 11.3 Å². The second kappa shape index (κ2) is 10.0. The first-order chi connectivity index (χ1) is 17.0. The third-order valence-electron chi connectivity index (χ3n) is 5.72. The number of amides is 1. The van der Waals surface area contributed by atoms with Crippen LogP contribution in [0.3, 0.4) is 0 Å². The van der Waals surface area contributed by atoms with Gasteiger partial charge in [0.1, 0.15) is 9.53 Å². The Kier molecular flexibility index (Phi) is 6.66. The number of nitrogens with zero attached hydrogens (tertiary/aromatic N) is 3. The van der Waals surface area contributed by atoms with Crippen LogP contribution in [0, 0.1) is 6.92 Å². The number of hydrogen-bond donors (Lipinski definition) is 1. The minimum atomic E-state index is -0.148. The number of carbonyl (C=O) groups is 1. The lowest BCUT2D eigenvalue weighted by Gasteiger charge is -2.13. The molecule has 0 saturated heterocycles. The standard InChI is InChI=1S/C27H24N4O2S2/c1-3-18-9-11-19(12-10-18)15-31-26(33)24-23(21-8-5-13-28-25(21)35-24)30-27(31)34-16-22(32)29-20-7-4-6-17(2)14-20/h4-14H,3,15-16H2,1-2H3,(H,29,32). The Bertz CT molecular complexity index is 1590. The zero-order valence-corrected chi connectivity index (χ0v) is 21.1. The third-order valence-corrected chi connectivity index (χ3v) is 7.79. The van der Waals surface area contributed by atoms with Crippen molar-refractivity contribution in [1.29, 1.82) is 0 Å². The smallest absolute Gasteiger partial charge is 0.272 e. The Morgan fingerprint density at radius 2 is 1.89 bits per heavy atom. The first-order valence-corrected chi connectivity index (χ1v) is 13.2. The fraction of sp³-hybridized carbons (Fsp3) is 0.185. The molecule has 5 rings (SSSR count). The van der Waals surface area contributed by atoms with E-state index in [9.17, 15) is 9.59 Å². The van der Waals surface area contributed by atoms with Gasteiger partial charge in [0.05, 0.1) is 17.8 Å². The molecular weight excluding hydrogens is 476 g/mol. The molecule has 8 heteroatoms. The summed E-state index contributed by atoms with van der Waals surface area (Å²) < 4.78 is 2.25. The maximum absolute atomic E-state index is 13.6. The quantitative estimate of drug-likeness (QED) is 0.231. The summed E-state index contributed by atoms with van der Waals surface area (Å²) in [7, 11) is 0. The molecule has 1 N–H and O–H groups in total. The average molecular weight is 501 g/mol. The first kappa shape index (κ1) is 23.3. The van der Waals surface area contributed by atoms with E-state index in [1.807, 2.05) is 55.5 Å². The molecule has 0 saturated carbocycles. The Hall–Kier alpha value is -3.49. The number of thioether (sulfide) groups is 1. The summed E-state index contributed by atoms with van der Waals surface area (Å²) in [6, 6.07) is 19.7. The lowest BCUT2D eigenvalue weighted by molar-refractivity contribution is -0.113. The molecule has 35 heavy (non-hydrogen) atoms. The van der Waals surface area contributed by atoms with Gasteiger partial charge in [-0.2, -0.15) is 0 Å². The lowest BCUT2D eigenvalue weighted by Crippen LogP contribution is -2.24. The topological polar surface area (TPSA) is 76.9 Å². The highest BCUT2D eigenvalue weighted by molar-refractivity contribution is 7.99. The lowest BCUT2D eigenvalue weighted by atomic mass is 10.1. The summed E-state index contributed by atoms with van der Waals surface area (Å²) in [6.07, 6.45) is 2.68. The molecule has 0 spiro atoms. The van der Waals surface area contributed by atoms with Crippen molar-refractivity contribution < 1.29 is 4.79 Å². The monoisotopic (exact) mass is 500 g/mol. The predicted molar refractivity (Wildman–Crippen MR) is 145 cm³/mol. The summed E-state index contributed by atoms with van der Waals surface area (Å²) >= 11 is 2.63. The van der Waals surface area contributed by atoms with Gasteiger partial charge < -0.3 is 5.32 Å². The van der Waals surface area contributed by atoms with E-state index in [4.69, 9.17) is 4.98 Å².